The minimum Gasteiger partial charge on any atom is -0.462 e. The van der Waals surface area contributed by atoms with E-state index in [1.165, 1.54) is 77.0 Å². The largest absolute Gasteiger partial charge is 0.462 e. The van der Waals surface area contributed by atoms with Gasteiger partial charge in [0.05, 0.1) is 18.8 Å². The molecule has 0 radical (unpaired) electrons. The molecular formula is C37H64O6. The first-order valence-corrected chi connectivity index (χ1v) is 17.7. The van der Waals surface area contributed by atoms with E-state index in [1.807, 2.05) is 0 Å². The summed E-state index contributed by atoms with van der Waals surface area (Å²) in [6.07, 6.45) is 36.5. The van der Waals surface area contributed by atoms with Gasteiger partial charge in [-0.3, -0.25) is 9.59 Å². The molecule has 0 saturated carbocycles. The fourth-order valence-corrected chi connectivity index (χ4v) is 5.00. The van der Waals surface area contributed by atoms with Gasteiger partial charge in [-0.05, 0) is 51.4 Å². The minimum atomic E-state index is -0.802. The number of aliphatic hydroxyl groups is 1. The van der Waals surface area contributed by atoms with Crippen LogP contribution in [0.1, 0.15) is 155 Å². The second kappa shape index (κ2) is 28.8. The van der Waals surface area contributed by atoms with Gasteiger partial charge in [-0.25, -0.2) is 0 Å². The number of hydrogen-bond donors (Lipinski definition) is 1. The van der Waals surface area contributed by atoms with Crippen LogP contribution < -0.4 is 0 Å². The summed E-state index contributed by atoms with van der Waals surface area (Å²) >= 11 is 0. The van der Waals surface area contributed by atoms with Crippen LogP contribution in [0, 0.1) is 0 Å². The standard InChI is InChI=1S/C37H64O6/c1-3-5-7-9-11-13-14-16-18-20-25-29-36(39)41-32-33(31-38)42-37(40)30-26-22-21-24-28-35-34(43-35)27-23-19-17-15-12-10-8-6-4-2/h12,15,19,21,23-24,33-35,38H,3-11,13-14,16-18,20,22,25-32H2,1-2H3/b15-12-,23-19-,24-21-/t33-,34?,35?/m0/s1. The molecule has 248 valence electrons. The van der Waals surface area contributed by atoms with Crippen molar-refractivity contribution in [1.82, 2.24) is 0 Å². The summed E-state index contributed by atoms with van der Waals surface area (Å²) < 4.78 is 16.3. The van der Waals surface area contributed by atoms with Crippen molar-refractivity contribution < 1.29 is 28.9 Å². The van der Waals surface area contributed by atoms with E-state index >= 15 is 0 Å². The fraction of sp³-hybridized carbons (Fsp3) is 0.784. The fourth-order valence-electron chi connectivity index (χ4n) is 5.00. The summed E-state index contributed by atoms with van der Waals surface area (Å²) in [6, 6.07) is 0. The molecule has 0 aliphatic carbocycles. The van der Waals surface area contributed by atoms with Crippen molar-refractivity contribution in [1.29, 1.82) is 0 Å². The zero-order valence-electron chi connectivity index (χ0n) is 27.7. The number of aliphatic hydroxyl groups excluding tert-OH is 1. The van der Waals surface area contributed by atoms with Crippen molar-refractivity contribution in [2.75, 3.05) is 13.2 Å². The molecule has 43 heavy (non-hydrogen) atoms. The second-order valence-corrected chi connectivity index (χ2v) is 12.0. The van der Waals surface area contributed by atoms with E-state index in [0.29, 0.717) is 25.0 Å². The van der Waals surface area contributed by atoms with E-state index in [4.69, 9.17) is 14.2 Å². The lowest BCUT2D eigenvalue weighted by molar-refractivity contribution is -0.161. The Kier molecular flexibility index (Phi) is 26.2. The van der Waals surface area contributed by atoms with Gasteiger partial charge in [-0.15, -0.1) is 0 Å². The minimum absolute atomic E-state index is 0.0908. The average Bonchev–Trinajstić information content (AvgIpc) is 3.76. The number of hydrogen-bond acceptors (Lipinski definition) is 6. The van der Waals surface area contributed by atoms with Crippen LogP contribution in [-0.4, -0.2) is 48.6 Å². The normalized spacial score (nSPS) is 17.3. The summed E-state index contributed by atoms with van der Waals surface area (Å²) in [4.78, 5) is 24.1. The number of allylic oxidation sites excluding steroid dienone is 4. The van der Waals surface area contributed by atoms with E-state index in [-0.39, 0.29) is 31.6 Å². The second-order valence-electron chi connectivity index (χ2n) is 12.0. The maximum Gasteiger partial charge on any atom is 0.306 e. The quantitative estimate of drug-likeness (QED) is 0.0380. The topological polar surface area (TPSA) is 85.4 Å². The molecule has 1 N–H and O–H groups in total. The molecule has 0 aromatic carbocycles. The van der Waals surface area contributed by atoms with Gasteiger partial charge in [0.1, 0.15) is 6.61 Å². The molecule has 0 bridgehead atoms. The highest BCUT2D eigenvalue weighted by Gasteiger charge is 2.35. The van der Waals surface area contributed by atoms with E-state index in [9.17, 15) is 14.7 Å². The molecule has 2 unspecified atom stereocenters. The van der Waals surface area contributed by atoms with Gasteiger partial charge in [0.25, 0.3) is 0 Å². The van der Waals surface area contributed by atoms with Crippen LogP contribution >= 0.6 is 0 Å². The maximum absolute atomic E-state index is 12.1. The van der Waals surface area contributed by atoms with Crippen LogP contribution in [0.3, 0.4) is 0 Å². The van der Waals surface area contributed by atoms with Gasteiger partial charge < -0.3 is 19.3 Å². The third-order valence-electron chi connectivity index (χ3n) is 7.84. The van der Waals surface area contributed by atoms with Crippen molar-refractivity contribution in [3.8, 4) is 0 Å². The molecule has 1 fully saturated rings. The molecule has 6 nitrogen and oxygen atoms in total. The summed E-state index contributed by atoms with van der Waals surface area (Å²) in [7, 11) is 0. The Morgan fingerprint density at radius 3 is 1.81 bits per heavy atom. The molecule has 1 aliphatic rings. The van der Waals surface area contributed by atoms with Crippen LogP contribution in [0.4, 0.5) is 0 Å². The van der Waals surface area contributed by atoms with Crippen LogP contribution in [-0.2, 0) is 23.8 Å². The van der Waals surface area contributed by atoms with Gasteiger partial charge in [-0.2, -0.15) is 0 Å². The molecular weight excluding hydrogens is 540 g/mol. The van der Waals surface area contributed by atoms with Crippen LogP contribution in [0.15, 0.2) is 36.5 Å². The first-order valence-electron chi connectivity index (χ1n) is 17.7. The van der Waals surface area contributed by atoms with Gasteiger partial charge in [0.15, 0.2) is 6.10 Å². The predicted molar refractivity (Wildman–Crippen MR) is 177 cm³/mol. The molecule has 1 saturated heterocycles. The third-order valence-corrected chi connectivity index (χ3v) is 7.84. The van der Waals surface area contributed by atoms with Crippen LogP contribution in [0.2, 0.25) is 0 Å². The molecule has 0 aromatic rings. The number of esters is 2. The summed E-state index contributed by atoms with van der Waals surface area (Å²) in [6.45, 7) is 4.03. The molecule has 6 heteroatoms. The molecule has 0 aromatic heterocycles. The van der Waals surface area contributed by atoms with Crippen molar-refractivity contribution in [3.63, 3.8) is 0 Å². The Morgan fingerprint density at radius 1 is 0.651 bits per heavy atom. The smallest absolute Gasteiger partial charge is 0.306 e. The highest BCUT2D eigenvalue weighted by atomic mass is 16.6. The summed E-state index contributed by atoms with van der Waals surface area (Å²) in [5, 5.41) is 9.52. The van der Waals surface area contributed by atoms with Crippen molar-refractivity contribution >= 4 is 11.9 Å². The SMILES string of the molecule is CCCCC/C=C\C/C=C\CC1OC1C/C=C\CCCC(=O)O[C@@H](CO)COC(=O)CCCCCCCCCCCCC. The highest BCUT2D eigenvalue weighted by Crippen LogP contribution is 2.29. The molecule has 0 amide bonds. The third kappa shape index (κ3) is 25.1. The Bertz CT molecular complexity index is 758. The number of rotatable bonds is 30. The Labute approximate surface area is 263 Å². The Balaban J connectivity index is 1.97. The van der Waals surface area contributed by atoms with Gasteiger partial charge >= 0.3 is 11.9 Å². The number of carbonyl (C=O) groups is 2. The number of ether oxygens (including phenoxy) is 3. The zero-order chi connectivity index (χ0) is 31.2. The molecule has 1 aliphatic heterocycles. The number of epoxide rings is 1. The van der Waals surface area contributed by atoms with E-state index in [0.717, 1.165) is 44.9 Å². The van der Waals surface area contributed by atoms with Crippen molar-refractivity contribution in [3.05, 3.63) is 36.5 Å². The lowest BCUT2D eigenvalue weighted by atomic mass is 10.1. The van der Waals surface area contributed by atoms with Crippen molar-refractivity contribution in [2.45, 2.75) is 173 Å². The lowest BCUT2D eigenvalue weighted by Gasteiger charge is -2.15. The van der Waals surface area contributed by atoms with Crippen LogP contribution in [0.25, 0.3) is 0 Å². The molecule has 1 rings (SSSR count). The van der Waals surface area contributed by atoms with E-state index in [2.05, 4.69) is 50.3 Å². The Morgan fingerprint density at radius 2 is 1.16 bits per heavy atom. The van der Waals surface area contributed by atoms with Gasteiger partial charge in [0, 0.05) is 12.8 Å². The molecule has 1 heterocycles. The molecule has 3 atom stereocenters. The summed E-state index contributed by atoms with van der Waals surface area (Å²) in [5.41, 5.74) is 0. The van der Waals surface area contributed by atoms with Gasteiger partial charge in [-0.1, -0.05) is 127 Å². The first kappa shape index (κ1) is 39.1. The van der Waals surface area contributed by atoms with Crippen molar-refractivity contribution in [2.24, 2.45) is 0 Å². The highest BCUT2D eigenvalue weighted by molar-refractivity contribution is 5.70. The lowest BCUT2D eigenvalue weighted by Crippen LogP contribution is -2.28. The van der Waals surface area contributed by atoms with E-state index in [1.54, 1.807) is 0 Å². The van der Waals surface area contributed by atoms with Gasteiger partial charge in [0.2, 0.25) is 0 Å². The monoisotopic (exact) mass is 604 g/mol. The first-order chi connectivity index (χ1) is 21.1. The maximum atomic E-state index is 12.1. The number of unbranched alkanes of at least 4 members (excludes halogenated alkanes) is 14. The zero-order valence-corrected chi connectivity index (χ0v) is 27.7. The molecule has 0 spiro atoms. The Hall–Kier alpha value is -1.92. The predicted octanol–water partition coefficient (Wildman–Crippen LogP) is 9.49. The average molecular weight is 605 g/mol. The van der Waals surface area contributed by atoms with Crippen LogP contribution in [0.5, 0.6) is 0 Å². The number of carbonyl (C=O) groups excluding carboxylic acids is 2. The summed E-state index contributed by atoms with van der Waals surface area (Å²) in [5.74, 6) is -0.666. The van der Waals surface area contributed by atoms with E-state index < -0.39 is 6.10 Å².